The van der Waals surface area contributed by atoms with Gasteiger partial charge in [-0.3, -0.25) is 9.52 Å². The van der Waals surface area contributed by atoms with Crippen LogP contribution in [0.2, 0.25) is 5.02 Å². The monoisotopic (exact) mass is 519 g/mol. The van der Waals surface area contributed by atoms with Crippen LogP contribution in [-0.4, -0.2) is 32.6 Å². The quantitative estimate of drug-likeness (QED) is 0.384. The second kappa shape index (κ2) is 10.1. The van der Waals surface area contributed by atoms with Gasteiger partial charge < -0.3 is 9.30 Å². The van der Waals surface area contributed by atoms with Crippen LogP contribution < -0.4 is 9.52 Å². The Kier molecular flexibility index (Phi) is 7.13. The van der Waals surface area contributed by atoms with Gasteiger partial charge in [-0.2, -0.15) is 4.99 Å². The molecule has 0 bridgehead atoms. The van der Waals surface area contributed by atoms with E-state index in [2.05, 4.69) is 9.71 Å². The largest absolute Gasteiger partial charge is 0.383 e. The number of carbonyl (C=O) groups is 1. The number of hydrogen-bond donors (Lipinski definition) is 1. The fraction of sp³-hybridized carbons (Fsp3) is 0.130. The van der Waals surface area contributed by atoms with Crippen LogP contribution in [0.4, 0.5) is 10.1 Å². The van der Waals surface area contributed by atoms with Crippen molar-refractivity contribution in [2.75, 3.05) is 18.4 Å². The molecule has 7 nitrogen and oxygen atoms in total. The van der Waals surface area contributed by atoms with Crippen molar-refractivity contribution >= 4 is 54.8 Å². The van der Waals surface area contributed by atoms with Crippen molar-refractivity contribution in [3.05, 3.63) is 87.9 Å². The number of thiazole rings is 1. The van der Waals surface area contributed by atoms with Gasteiger partial charge in [-0.25, -0.2) is 12.8 Å². The fourth-order valence-corrected chi connectivity index (χ4v) is 5.58. The highest BCUT2D eigenvalue weighted by atomic mass is 35.5. The number of nitrogens with zero attached hydrogens (tertiary/aromatic N) is 2. The zero-order valence-corrected chi connectivity index (χ0v) is 20.3. The van der Waals surface area contributed by atoms with Gasteiger partial charge in [0.2, 0.25) is 0 Å². The lowest BCUT2D eigenvalue weighted by Crippen LogP contribution is -2.19. The van der Waals surface area contributed by atoms with Gasteiger partial charge in [-0.15, -0.1) is 0 Å². The Bertz CT molecular complexity index is 1510. The maximum Gasteiger partial charge on any atom is 0.279 e. The number of halogens is 2. The number of hydrogen-bond acceptors (Lipinski definition) is 5. The average molecular weight is 520 g/mol. The molecule has 4 rings (SSSR count). The standard InChI is InChI=1S/C23H19ClFN3O4S2/c1-32-13-12-28-20-11-4-16(24)14-21(20)33-23(28)26-22(29)15-2-7-18(8-3-15)27-34(30,31)19-9-5-17(25)6-10-19/h2-11,14,27H,12-13H2,1H3. The summed E-state index contributed by atoms with van der Waals surface area (Å²) in [5, 5.41) is 0.587. The third-order valence-corrected chi connectivity index (χ3v) is 7.54. The zero-order valence-electron chi connectivity index (χ0n) is 17.9. The first-order chi connectivity index (χ1) is 16.3. The Hall–Kier alpha value is -3.05. The first-order valence-corrected chi connectivity index (χ1v) is 12.7. The Morgan fingerprint density at radius 2 is 1.82 bits per heavy atom. The van der Waals surface area contributed by atoms with E-state index in [1.54, 1.807) is 13.2 Å². The summed E-state index contributed by atoms with van der Waals surface area (Å²) >= 11 is 7.44. The number of sulfonamides is 1. The third kappa shape index (κ3) is 5.36. The highest BCUT2D eigenvalue weighted by Gasteiger charge is 2.15. The van der Waals surface area contributed by atoms with Gasteiger partial charge in [0.05, 0.1) is 21.7 Å². The molecule has 1 heterocycles. The lowest BCUT2D eigenvalue weighted by molar-refractivity contribution is 0.0997. The normalized spacial score (nSPS) is 12.3. The van der Waals surface area contributed by atoms with Crippen LogP contribution in [-0.2, 0) is 21.3 Å². The van der Waals surface area contributed by atoms with Gasteiger partial charge in [0.1, 0.15) is 5.82 Å². The summed E-state index contributed by atoms with van der Waals surface area (Å²) < 4.78 is 48.4. The molecule has 0 unspecified atom stereocenters. The van der Waals surface area contributed by atoms with Crippen LogP contribution >= 0.6 is 22.9 Å². The third-order valence-electron chi connectivity index (χ3n) is 4.87. The summed E-state index contributed by atoms with van der Waals surface area (Å²) in [4.78, 5) is 17.5. The van der Waals surface area contributed by atoms with Crippen LogP contribution in [0, 0.1) is 5.82 Å². The molecular formula is C23H19ClFN3O4S2. The Morgan fingerprint density at radius 1 is 1.12 bits per heavy atom. The molecule has 0 aliphatic carbocycles. The summed E-state index contributed by atoms with van der Waals surface area (Å²) in [6.07, 6.45) is 0. The molecule has 34 heavy (non-hydrogen) atoms. The van der Waals surface area contributed by atoms with E-state index in [1.807, 2.05) is 16.7 Å². The molecule has 0 atom stereocenters. The maximum atomic E-state index is 13.1. The van der Waals surface area contributed by atoms with Crippen LogP contribution in [0.25, 0.3) is 10.2 Å². The summed E-state index contributed by atoms with van der Waals surface area (Å²) in [5.74, 6) is -1.01. The summed E-state index contributed by atoms with van der Waals surface area (Å²) in [6, 6.07) is 15.8. The minimum Gasteiger partial charge on any atom is -0.383 e. The number of methoxy groups -OCH3 is 1. The zero-order chi connectivity index (χ0) is 24.3. The number of nitrogens with one attached hydrogen (secondary N) is 1. The first kappa shape index (κ1) is 24.1. The molecule has 0 spiro atoms. The van der Waals surface area contributed by atoms with Gasteiger partial charge in [0, 0.05) is 29.9 Å². The molecule has 1 N–H and O–H groups in total. The number of aromatic nitrogens is 1. The van der Waals surface area contributed by atoms with E-state index in [9.17, 15) is 17.6 Å². The predicted octanol–water partition coefficient (Wildman–Crippen LogP) is 4.68. The first-order valence-electron chi connectivity index (χ1n) is 10.0. The van der Waals surface area contributed by atoms with E-state index in [0.717, 1.165) is 22.3 Å². The number of fused-ring (bicyclic) bond motifs is 1. The SMILES string of the molecule is COCCn1c(=NC(=O)c2ccc(NS(=O)(=O)c3ccc(F)cc3)cc2)sc2cc(Cl)ccc21. The number of anilines is 1. The number of rotatable bonds is 7. The molecule has 0 aliphatic heterocycles. The van der Waals surface area contributed by atoms with Crippen molar-refractivity contribution in [2.45, 2.75) is 11.4 Å². The lowest BCUT2D eigenvalue weighted by Gasteiger charge is -2.08. The van der Waals surface area contributed by atoms with Gasteiger partial charge in [-0.05, 0) is 66.7 Å². The average Bonchev–Trinajstić information content (AvgIpc) is 3.13. The number of amides is 1. The molecular weight excluding hydrogens is 501 g/mol. The summed E-state index contributed by atoms with van der Waals surface area (Å²) in [5.41, 5.74) is 1.44. The molecule has 0 saturated carbocycles. The van der Waals surface area contributed by atoms with Crippen LogP contribution in [0.3, 0.4) is 0 Å². The molecule has 0 aliphatic rings. The van der Waals surface area contributed by atoms with Crippen LogP contribution in [0.5, 0.6) is 0 Å². The number of carbonyl (C=O) groups excluding carboxylic acids is 1. The topological polar surface area (TPSA) is 89.8 Å². The van der Waals surface area contributed by atoms with Gasteiger partial charge in [0.25, 0.3) is 15.9 Å². The molecule has 3 aromatic carbocycles. The Labute approximate surface area is 204 Å². The molecule has 0 saturated heterocycles. The smallest absolute Gasteiger partial charge is 0.279 e. The minimum atomic E-state index is -3.89. The lowest BCUT2D eigenvalue weighted by atomic mass is 10.2. The molecule has 176 valence electrons. The fourth-order valence-electron chi connectivity index (χ4n) is 3.19. The number of ether oxygens (including phenoxy) is 1. The van der Waals surface area contributed by atoms with E-state index in [-0.39, 0.29) is 10.6 Å². The van der Waals surface area contributed by atoms with Crippen molar-refractivity contribution in [1.82, 2.24) is 4.57 Å². The maximum absolute atomic E-state index is 13.1. The van der Waals surface area contributed by atoms with Crippen LogP contribution in [0.1, 0.15) is 10.4 Å². The number of benzene rings is 3. The molecule has 1 amide bonds. The highest BCUT2D eigenvalue weighted by Crippen LogP contribution is 2.22. The van der Waals surface area contributed by atoms with E-state index in [1.165, 1.54) is 47.7 Å². The van der Waals surface area contributed by atoms with Gasteiger partial charge >= 0.3 is 0 Å². The Morgan fingerprint density at radius 3 is 2.50 bits per heavy atom. The van der Waals surface area contributed by atoms with Gasteiger partial charge in [0.15, 0.2) is 4.80 Å². The molecule has 0 radical (unpaired) electrons. The van der Waals surface area contributed by atoms with Crippen molar-refractivity contribution in [1.29, 1.82) is 0 Å². The van der Waals surface area contributed by atoms with Crippen LogP contribution in [0.15, 0.2) is 76.6 Å². The van der Waals surface area contributed by atoms with E-state index in [0.29, 0.717) is 28.5 Å². The van der Waals surface area contributed by atoms with Crippen molar-refractivity contribution in [3.8, 4) is 0 Å². The minimum absolute atomic E-state index is 0.0745. The molecule has 11 heteroatoms. The second-order valence-electron chi connectivity index (χ2n) is 7.19. The molecule has 4 aromatic rings. The Balaban J connectivity index is 1.59. The van der Waals surface area contributed by atoms with E-state index < -0.39 is 21.7 Å². The van der Waals surface area contributed by atoms with Gasteiger partial charge in [-0.1, -0.05) is 22.9 Å². The summed E-state index contributed by atoms with van der Waals surface area (Å²) in [7, 11) is -2.30. The van der Waals surface area contributed by atoms with Crippen molar-refractivity contribution in [2.24, 2.45) is 4.99 Å². The second-order valence-corrected chi connectivity index (χ2v) is 10.3. The molecule has 1 aromatic heterocycles. The molecule has 0 fully saturated rings. The van der Waals surface area contributed by atoms with Crippen molar-refractivity contribution < 1.29 is 22.3 Å². The predicted molar refractivity (Wildman–Crippen MR) is 130 cm³/mol. The summed E-state index contributed by atoms with van der Waals surface area (Å²) in [6.45, 7) is 0.951. The van der Waals surface area contributed by atoms with Crippen molar-refractivity contribution in [3.63, 3.8) is 0 Å². The van der Waals surface area contributed by atoms with E-state index >= 15 is 0 Å². The van der Waals surface area contributed by atoms with E-state index in [4.69, 9.17) is 16.3 Å². The highest BCUT2D eigenvalue weighted by molar-refractivity contribution is 7.92.